The maximum absolute atomic E-state index is 14.3. The summed E-state index contributed by atoms with van der Waals surface area (Å²) >= 11 is 1.48. The first-order valence-electron chi connectivity index (χ1n) is 6.04. The second-order valence-electron chi connectivity index (χ2n) is 4.38. The van der Waals surface area contributed by atoms with E-state index in [-0.39, 0.29) is 5.75 Å². The largest absolute Gasteiger partial charge is 0.493 e. The van der Waals surface area contributed by atoms with Crippen molar-refractivity contribution in [2.75, 3.05) is 14.2 Å². The molecule has 0 atom stereocenters. The van der Waals surface area contributed by atoms with E-state index in [2.05, 4.69) is 0 Å². The number of benzene rings is 1. The number of aldehydes is 1. The molecule has 1 aromatic carbocycles. The standard InChI is InChI=1S/C15H15FO3S/c1-9(4-5-17)6-10-7-11-13(20-10)8-12(18-2)15(19-3)14(11)16/h4-5,7-8H,6H2,1-3H3. The summed E-state index contributed by atoms with van der Waals surface area (Å²) < 4.78 is 25.3. The van der Waals surface area contributed by atoms with Gasteiger partial charge in [-0.15, -0.1) is 11.3 Å². The van der Waals surface area contributed by atoms with Gasteiger partial charge in [0, 0.05) is 27.5 Å². The normalized spacial score (nSPS) is 11.7. The average molecular weight is 294 g/mol. The summed E-state index contributed by atoms with van der Waals surface area (Å²) in [7, 11) is 2.89. The second kappa shape index (κ2) is 6.05. The molecule has 1 heterocycles. The minimum Gasteiger partial charge on any atom is -0.493 e. The van der Waals surface area contributed by atoms with Gasteiger partial charge in [0.1, 0.15) is 6.29 Å². The maximum Gasteiger partial charge on any atom is 0.197 e. The van der Waals surface area contributed by atoms with E-state index in [0.29, 0.717) is 17.6 Å². The second-order valence-corrected chi connectivity index (χ2v) is 5.54. The van der Waals surface area contributed by atoms with Gasteiger partial charge in [0.2, 0.25) is 0 Å². The molecule has 0 amide bonds. The van der Waals surface area contributed by atoms with Crippen molar-refractivity contribution in [2.24, 2.45) is 0 Å². The van der Waals surface area contributed by atoms with Crippen molar-refractivity contribution in [1.29, 1.82) is 0 Å². The number of thiophene rings is 1. The van der Waals surface area contributed by atoms with Crippen LogP contribution in [-0.2, 0) is 11.2 Å². The Morgan fingerprint density at radius 1 is 1.35 bits per heavy atom. The molecule has 0 spiro atoms. The maximum atomic E-state index is 14.3. The Morgan fingerprint density at radius 3 is 2.70 bits per heavy atom. The topological polar surface area (TPSA) is 35.5 Å². The van der Waals surface area contributed by atoms with Crippen molar-refractivity contribution >= 4 is 27.7 Å². The Bertz CT molecular complexity index is 673. The molecule has 0 aliphatic heterocycles. The zero-order valence-corrected chi connectivity index (χ0v) is 12.3. The average Bonchev–Trinajstić information content (AvgIpc) is 2.81. The van der Waals surface area contributed by atoms with E-state index in [1.54, 1.807) is 12.1 Å². The molecule has 0 bridgehead atoms. The number of halogens is 1. The van der Waals surface area contributed by atoms with Gasteiger partial charge in [0.25, 0.3) is 0 Å². The molecule has 5 heteroatoms. The molecule has 0 fully saturated rings. The monoisotopic (exact) mass is 294 g/mol. The molecule has 106 valence electrons. The molecule has 3 nitrogen and oxygen atoms in total. The molecule has 0 saturated heterocycles. The van der Waals surface area contributed by atoms with E-state index in [9.17, 15) is 9.18 Å². The van der Waals surface area contributed by atoms with E-state index >= 15 is 0 Å². The summed E-state index contributed by atoms with van der Waals surface area (Å²) in [5, 5.41) is 0.515. The number of hydrogen-bond acceptors (Lipinski definition) is 4. The molecule has 2 rings (SSSR count). The van der Waals surface area contributed by atoms with Crippen LogP contribution in [0.4, 0.5) is 4.39 Å². The number of carbonyl (C=O) groups excluding carboxylic acids is 1. The molecule has 0 unspecified atom stereocenters. The number of fused-ring (bicyclic) bond motifs is 1. The van der Waals surface area contributed by atoms with Gasteiger partial charge in [0.15, 0.2) is 17.3 Å². The van der Waals surface area contributed by atoms with Crippen LogP contribution in [0, 0.1) is 5.82 Å². The molecule has 0 N–H and O–H groups in total. The van der Waals surface area contributed by atoms with Gasteiger partial charge in [-0.25, -0.2) is 4.39 Å². The van der Waals surface area contributed by atoms with Crippen molar-refractivity contribution < 1.29 is 18.7 Å². The highest BCUT2D eigenvalue weighted by Gasteiger charge is 2.17. The van der Waals surface area contributed by atoms with Crippen LogP contribution in [0.3, 0.4) is 0 Å². The van der Waals surface area contributed by atoms with Crippen molar-refractivity contribution in [3.63, 3.8) is 0 Å². The molecule has 20 heavy (non-hydrogen) atoms. The first-order valence-corrected chi connectivity index (χ1v) is 6.86. The lowest BCUT2D eigenvalue weighted by atomic mass is 10.1. The predicted molar refractivity (Wildman–Crippen MR) is 78.4 cm³/mol. The fourth-order valence-electron chi connectivity index (χ4n) is 2.03. The summed E-state index contributed by atoms with van der Waals surface area (Å²) in [5.74, 6) is 0.0805. The third kappa shape index (κ3) is 2.67. The Labute approximate surface area is 120 Å². The Kier molecular flexibility index (Phi) is 4.39. The predicted octanol–water partition coefficient (Wildman–Crippen LogP) is 3.75. The van der Waals surface area contributed by atoms with E-state index < -0.39 is 5.82 Å². The lowest BCUT2D eigenvalue weighted by Gasteiger charge is -2.08. The van der Waals surface area contributed by atoms with E-state index in [1.165, 1.54) is 31.6 Å². The summed E-state index contributed by atoms with van der Waals surface area (Å²) in [5.41, 5.74) is 0.936. The third-order valence-corrected chi connectivity index (χ3v) is 4.05. The van der Waals surface area contributed by atoms with Crippen LogP contribution in [0.25, 0.3) is 10.1 Å². The molecular weight excluding hydrogens is 279 g/mol. The summed E-state index contributed by atoms with van der Waals surface area (Å²) in [6.07, 6.45) is 2.90. The van der Waals surface area contributed by atoms with E-state index in [4.69, 9.17) is 9.47 Å². The highest BCUT2D eigenvalue weighted by molar-refractivity contribution is 7.19. The zero-order chi connectivity index (χ0) is 14.7. The van der Waals surface area contributed by atoms with Crippen LogP contribution in [0.5, 0.6) is 11.5 Å². The first kappa shape index (κ1) is 14.5. The fourth-order valence-corrected chi connectivity index (χ4v) is 3.21. The number of ether oxygens (including phenoxy) is 2. The summed E-state index contributed by atoms with van der Waals surface area (Å²) in [6.45, 7) is 1.87. The van der Waals surface area contributed by atoms with E-state index in [1.807, 2.05) is 6.92 Å². The number of carbonyl (C=O) groups is 1. The van der Waals surface area contributed by atoms with Gasteiger partial charge in [-0.1, -0.05) is 5.57 Å². The molecule has 0 saturated carbocycles. The number of methoxy groups -OCH3 is 2. The van der Waals surface area contributed by atoms with Crippen LogP contribution < -0.4 is 9.47 Å². The van der Waals surface area contributed by atoms with E-state index in [0.717, 1.165) is 21.4 Å². The first-order chi connectivity index (χ1) is 9.60. The van der Waals surface area contributed by atoms with Gasteiger partial charge in [-0.2, -0.15) is 0 Å². The van der Waals surface area contributed by atoms with Crippen molar-refractivity contribution in [3.05, 3.63) is 34.5 Å². The number of rotatable bonds is 5. The Balaban J connectivity index is 2.51. The zero-order valence-electron chi connectivity index (χ0n) is 11.5. The highest BCUT2D eigenvalue weighted by atomic mass is 32.1. The summed E-state index contributed by atoms with van der Waals surface area (Å²) in [6, 6.07) is 3.56. The van der Waals surface area contributed by atoms with Crippen molar-refractivity contribution in [1.82, 2.24) is 0 Å². The molecular formula is C15H15FO3S. The molecule has 0 radical (unpaired) electrons. The van der Waals surface area contributed by atoms with Crippen molar-refractivity contribution in [2.45, 2.75) is 13.3 Å². The lowest BCUT2D eigenvalue weighted by Crippen LogP contribution is -1.93. The third-order valence-electron chi connectivity index (χ3n) is 2.96. The Morgan fingerprint density at radius 2 is 2.10 bits per heavy atom. The smallest absolute Gasteiger partial charge is 0.197 e. The van der Waals surface area contributed by atoms with Crippen LogP contribution in [0.15, 0.2) is 23.8 Å². The van der Waals surface area contributed by atoms with Gasteiger partial charge in [0.05, 0.1) is 14.2 Å². The highest BCUT2D eigenvalue weighted by Crippen LogP contribution is 2.40. The molecule has 1 aromatic heterocycles. The van der Waals surface area contributed by atoms with Crippen LogP contribution in [0.2, 0.25) is 0 Å². The summed E-state index contributed by atoms with van der Waals surface area (Å²) in [4.78, 5) is 11.4. The molecule has 0 aliphatic carbocycles. The van der Waals surface area contributed by atoms with Gasteiger partial charge >= 0.3 is 0 Å². The van der Waals surface area contributed by atoms with Gasteiger partial charge in [-0.3, -0.25) is 4.79 Å². The number of hydrogen-bond donors (Lipinski definition) is 0. The minimum atomic E-state index is -0.415. The Hall–Kier alpha value is -1.88. The fraction of sp³-hybridized carbons (Fsp3) is 0.267. The van der Waals surface area contributed by atoms with Crippen LogP contribution in [0.1, 0.15) is 11.8 Å². The van der Waals surface area contributed by atoms with Crippen LogP contribution in [-0.4, -0.2) is 20.5 Å². The van der Waals surface area contributed by atoms with Gasteiger partial charge in [-0.05, 0) is 19.1 Å². The molecule has 0 aliphatic rings. The quantitative estimate of drug-likeness (QED) is 0.622. The molecule has 2 aromatic rings. The lowest BCUT2D eigenvalue weighted by molar-refractivity contribution is -0.104. The number of allylic oxidation sites excluding steroid dienone is 2. The minimum absolute atomic E-state index is 0.115. The van der Waals surface area contributed by atoms with Crippen LogP contribution >= 0.6 is 11.3 Å². The van der Waals surface area contributed by atoms with Gasteiger partial charge < -0.3 is 9.47 Å². The van der Waals surface area contributed by atoms with Crippen molar-refractivity contribution in [3.8, 4) is 11.5 Å². The SMILES string of the molecule is COc1cc2sc(CC(C)=CC=O)cc2c(F)c1OC.